The normalized spacial score (nSPS) is 24.1. The van der Waals surface area contributed by atoms with Gasteiger partial charge in [-0.3, -0.25) is 0 Å². The third-order valence-electron chi connectivity index (χ3n) is 5.85. The number of rotatable bonds is 6. The van der Waals surface area contributed by atoms with Crippen molar-refractivity contribution in [2.45, 2.75) is 38.1 Å². The summed E-state index contributed by atoms with van der Waals surface area (Å²) in [6, 6.07) is 4.25. The molecule has 1 aliphatic heterocycles. The lowest BCUT2D eigenvalue weighted by atomic mass is 9.94. The zero-order valence-corrected chi connectivity index (χ0v) is 16.1. The molecule has 0 amide bonds. The molecule has 0 spiro atoms. The van der Waals surface area contributed by atoms with Crippen molar-refractivity contribution in [1.82, 2.24) is 24.6 Å². The van der Waals surface area contributed by atoms with Crippen molar-refractivity contribution >= 4 is 11.0 Å². The Kier molecular flexibility index (Phi) is 5.36. The van der Waals surface area contributed by atoms with Crippen LogP contribution in [0.15, 0.2) is 30.5 Å². The van der Waals surface area contributed by atoms with Crippen LogP contribution in [0.1, 0.15) is 37.3 Å². The first kappa shape index (κ1) is 17.7. The molecule has 2 aromatic heterocycles. The number of likely N-dealkylation sites (tertiary alicyclic amines) is 1. The van der Waals surface area contributed by atoms with E-state index >= 15 is 0 Å². The van der Waals surface area contributed by atoms with Crippen molar-refractivity contribution in [2.75, 3.05) is 40.3 Å². The van der Waals surface area contributed by atoms with Gasteiger partial charge in [-0.05, 0) is 64.4 Å². The fourth-order valence-corrected chi connectivity index (χ4v) is 4.39. The van der Waals surface area contributed by atoms with Crippen molar-refractivity contribution in [3.63, 3.8) is 0 Å². The Balaban J connectivity index is 1.49. The van der Waals surface area contributed by atoms with E-state index in [0.29, 0.717) is 5.92 Å². The Labute approximate surface area is 156 Å². The third-order valence-corrected chi connectivity index (χ3v) is 5.85. The van der Waals surface area contributed by atoms with E-state index in [2.05, 4.69) is 51.8 Å². The van der Waals surface area contributed by atoms with Gasteiger partial charge in [0.1, 0.15) is 0 Å². The first-order chi connectivity index (χ1) is 12.7. The predicted octanol–water partition coefficient (Wildman–Crippen LogP) is 3.14. The molecule has 2 aromatic rings. The highest BCUT2D eigenvalue weighted by molar-refractivity contribution is 5.78. The summed E-state index contributed by atoms with van der Waals surface area (Å²) in [6.45, 7) is 5.48. The smallest absolute Gasteiger partial charge is 0.158 e. The van der Waals surface area contributed by atoms with Gasteiger partial charge in [0.15, 0.2) is 5.65 Å². The molecule has 2 aliphatic rings. The molecule has 0 unspecified atom stereocenters. The van der Waals surface area contributed by atoms with Gasteiger partial charge in [-0.25, -0.2) is 9.67 Å². The van der Waals surface area contributed by atoms with E-state index in [1.54, 1.807) is 0 Å². The van der Waals surface area contributed by atoms with Gasteiger partial charge >= 0.3 is 0 Å². The van der Waals surface area contributed by atoms with Crippen LogP contribution in [0, 0.1) is 5.92 Å². The maximum absolute atomic E-state index is 5.01. The van der Waals surface area contributed by atoms with Crippen LogP contribution in [0.25, 0.3) is 11.0 Å². The summed E-state index contributed by atoms with van der Waals surface area (Å²) in [5.74, 6) is 1.39. The van der Waals surface area contributed by atoms with Crippen LogP contribution in [0.2, 0.25) is 0 Å². The average Bonchev–Trinajstić information content (AvgIpc) is 3.25. The van der Waals surface area contributed by atoms with Gasteiger partial charge in [-0.1, -0.05) is 12.2 Å². The Morgan fingerprint density at radius 1 is 1.23 bits per heavy atom. The second-order valence-corrected chi connectivity index (χ2v) is 8.18. The van der Waals surface area contributed by atoms with Crippen LogP contribution >= 0.6 is 0 Å². The molecule has 1 fully saturated rings. The van der Waals surface area contributed by atoms with Gasteiger partial charge in [-0.2, -0.15) is 5.10 Å². The fraction of sp³-hybridized carbons (Fsp3) is 0.619. The lowest BCUT2D eigenvalue weighted by Gasteiger charge is -2.24. The Morgan fingerprint density at radius 3 is 2.96 bits per heavy atom. The highest BCUT2D eigenvalue weighted by Gasteiger charge is 2.29. The van der Waals surface area contributed by atoms with Crippen LogP contribution in [0.4, 0.5) is 0 Å². The highest BCUT2D eigenvalue weighted by atomic mass is 15.3. The summed E-state index contributed by atoms with van der Waals surface area (Å²) in [5, 5.41) is 6.26. The van der Waals surface area contributed by atoms with Crippen LogP contribution in [-0.2, 0) is 6.54 Å². The standard InChI is InChI=1S/C21H31N5/c1-24(2)13-14-26-21-19(9-6-11-22-21)20(23-26)18-10-12-25(16-18)15-17-7-4-3-5-8-17/h3-4,6,9,11,17-18H,5,7-8,10,12-16H2,1-2H3/t17-,18-/m1/s1. The van der Waals surface area contributed by atoms with E-state index in [-0.39, 0.29) is 0 Å². The number of pyridine rings is 1. The molecule has 2 atom stereocenters. The number of nitrogens with zero attached hydrogens (tertiary/aromatic N) is 5. The molecule has 1 aliphatic carbocycles. The van der Waals surface area contributed by atoms with Crippen molar-refractivity contribution < 1.29 is 0 Å². The van der Waals surface area contributed by atoms with E-state index in [1.807, 2.05) is 12.3 Å². The molecule has 3 heterocycles. The minimum absolute atomic E-state index is 0.543. The summed E-state index contributed by atoms with van der Waals surface area (Å²) >= 11 is 0. The number of fused-ring (bicyclic) bond motifs is 1. The zero-order chi connectivity index (χ0) is 17.9. The van der Waals surface area contributed by atoms with Gasteiger partial charge in [0.05, 0.1) is 12.2 Å². The number of allylic oxidation sites excluding steroid dienone is 2. The minimum Gasteiger partial charge on any atom is -0.308 e. The molecule has 140 valence electrons. The summed E-state index contributed by atoms with van der Waals surface area (Å²) in [5.41, 5.74) is 2.30. The molecule has 26 heavy (non-hydrogen) atoms. The molecule has 0 N–H and O–H groups in total. The van der Waals surface area contributed by atoms with Crippen LogP contribution in [-0.4, -0.2) is 64.8 Å². The average molecular weight is 354 g/mol. The molecule has 1 saturated heterocycles. The van der Waals surface area contributed by atoms with Crippen LogP contribution < -0.4 is 0 Å². The first-order valence-electron chi connectivity index (χ1n) is 10.0. The summed E-state index contributed by atoms with van der Waals surface area (Å²) in [4.78, 5) is 9.49. The molecule has 0 bridgehead atoms. The van der Waals surface area contributed by atoms with Crippen molar-refractivity contribution in [1.29, 1.82) is 0 Å². The third kappa shape index (κ3) is 3.84. The molecule has 5 heteroatoms. The SMILES string of the molecule is CN(C)CCn1nc([C@@H]2CCN(C[C@@H]3CC=CCC3)C2)c2cccnc21. The lowest BCUT2D eigenvalue weighted by Crippen LogP contribution is -2.28. The first-order valence-corrected chi connectivity index (χ1v) is 10.0. The highest BCUT2D eigenvalue weighted by Crippen LogP contribution is 2.32. The number of hydrogen-bond acceptors (Lipinski definition) is 4. The van der Waals surface area contributed by atoms with E-state index < -0.39 is 0 Å². The molecule has 0 aromatic carbocycles. The molecular formula is C21H31N5. The van der Waals surface area contributed by atoms with Crippen LogP contribution in [0.5, 0.6) is 0 Å². The molecular weight excluding hydrogens is 322 g/mol. The second-order valence-electron chi connectivity index (χ2n) is 8.18. The summed E-state index contributed by atoms with van der Waals surface area (Å²) < 4.78 is 2.11. The van der Waals surface area contributed by atoms with E-state index in [0.717, 1.165) is 31.2 Å². The van der Waals surface area contributed by atoms with Crippen molar-refractivity contribution in [2.24, 2.45) is 5.92 Å². The Hall–Kier alpha value is -1.72. The maximum atomic E-state index is 5.01. The molecule has 5 nitrogen and oxygen atoms in total. The monoisotopic (exact) mass is 353 g/mol. The largest absolute Gasteiger partial charge is 0.308 e. The number of likely N-dealkylation sites (N-methyl/N-ethyl adjacent to an activating group) is 1. The summed E-state index contributed by atoms with van der Waals surface area (Å²) in [7, 11) is 4.21. The van der Waals surface area contributed by atoms with Gasteiger partial charge in [0, 0.05) is 37.1 Å². The van der Waals surface area contributed by atoms with Gasteiger partial charge in [0.2, 0.25) is 0 Å². The van der Waals surface area contributed by atoms with Gasteiger partial charge < -0.3 is 9.80 Å². The number of aromatic nitrogens is 3. The van der Waals surface area contributed by atoms with Crippen LogP contribution in [0.3, 0.4) is 0 Å². The maximum Gasteiger partial charge on any atom is 0.158 e. The summed E-state index contributed by atoms with van der Waals surface area (Å²) in [6.07, 6.45) is 11.7. The molecule has 4 rings (SSSR count). The zero-order valence-electron chi connectivity index (χ0n) is 16.1. The Bertz CT molecular complexity index is 763. The quantitative estimate of drug-likeness (QED) is 0.748. The van der Waals surface area contributed by atoms with E-state index in [1.165, 1.54) is 49.9 Å². The molecule has 0 radical (unpaired) electrons. The minimum atomic E-state index is 0.543. The lowest BCUT2D eigenvalue weighted by molar-refractivity contribution is 0.263. The topological polar surface area (TPSA) is 37.2 Å². The molecule has 0 saturated carbocycles. The van der Waals surface area contributed by atoms with Crippen molar-refractivity contribution in [3.8, 4) is 0 Å². The Morgan fingerprint density at radius 2 is 2.15 bits per heavy atom. The fourth-order valence-electron chi connectivity index (χ4n) is 4.39. The van der Waals surface area contributed by atoms with Gasteiger partial charge in [0.25, 0.3) is 0 Å². The number of hydrogen-bond donors (Lipinski definition) is 0. The predicted molar refractivity (Wildman–Crippen MR) is 106 cm³/mol. The second kappa shape index (κ2) is 7.89. The van der Waals surface area contributed by atoms with E-state index in [4.69, 9.17) is 5.10 Å². The van der Waals surface area contributed by atoms with E-state index in [9.17, 15) is 0 Å². The van der Waals surface area contributed by atoms with Crippen molar-refractivity contribution in [3.05, 3.63) is 36.2 Å². The van der Waals surface area contributed by atoms with Gasteiger partial charge in [-0.15, -0.1) is 0 Å².